The highest BCUT2D eigenvalue weighted by Crippen LogP contribution is 2.14. The molecule has 0 aromatic rings. The van der Waals surface area contributed by atoms with Crippen LogP contribution in [0.1, 0.15) is 13.3 Å². The monoisotopic (exact) mass is 308 g/mol. The average Bonchev–Trinajstić information content (AvgIpc) is 2.70. The molecule has 1 rings (SSSR count). The minimum Gasteiger partial charge on any atom is -0.365 e. The van der Waals surface area contributed by atoms with Crippen LogP contribution in [0.2, 0.25) is 0 Å². The summed E-state index contributed by atoms with van der Waals surface area (Å²) in [5, 5.41) is 11.7. The van der Waals surface area contributed by atoms with Crippen molar-refractivity contribution >= 4 is 28.0 Å². The number of rotatable bonds is 4. The molecule has 114 valence electrons. The topological polar surface area (TPSA) is 150 Å². The Labute approximate surface area is 115 Å². The lowest BCUT2D eigenvalue weighted by molar-refractivity contribution is -0.139. The highest BCUT2D eigenvalue weighted by atomic mass is 32.2. The van der Waals surface area contributed by atoms with Gasteiger partial charge in [0.15, 0.2) is 0 Å². The Hall–Kier alpha value is -1.88. The van der Waals surface area contributed by atoms with Crippen LogP contribution in [0.3, 0.4) is 0 Å². The number of nitrogens with zero attached hydrogens (tertiary/aromatic N) is 2. The van der Waals surface area contributed by atoms with E-state index in [0.717, 1.165) is 6.26 Å². The third-order valence-electron chi connectivity index (χ3n) is 2.85. The zero-order chi connectivity index (χ0) is 15.7. The minimum atomic E-state index is -3.78. The minimum absolute atomic E-state index is 0.184. The van der Waals surface area contributed by atoms with Gasteiger partial charge in [-0.2, -0.15) is 0 Å². The number of nitrogens with two attached hydrogens (primary N) is 1. The molecule has 1 heterocycles. The first-order valence-corrected chi connectivity index (χ1v) is 7.51. The molecule has 1 unspecified atom stereocenters. The lowest BCUT2D eigenvalue weighted by Crippen LogP contribution is -2.60. The third-order valence-corrected chi connectivity index (χ3v) is 3.99. The molecular weight excluding hydrogens is 292 g/mol. The van der Waals surface area contributed by atoms with Gasteiger partial charge in [0.05, 0.1) is 19.3 Å². The molecule has 0 spiro atoms. The molecule has 0 bridgehead atoms. The second-order valence-corrected chi connectivity index (χ2v) is 6.18. The van der Waals surface area contributed by atoms with Crippen molar-refractivity contribution in [3.63, 3.8) is 0 Å². The van der Waals surface area contributed by atoms with Crippen molar-refractivity contribution in [1.29, 1.82) is 0 Å². The summed E-state index contributed by atoms with van der Waals surface area (Å²) in [7, 11) is -3.78. The lowest BCUT2D eigenvalue weighted by Gasteiger charge is -2.26. The van der Waals surface area contributed by atoms with Crippen LogP contribution in [0.25, 0.3) is 0 Å². The molecule has 0 aromatic heterocycles. The maximum Gasteiger partial charge on any atom is 0.341 e. The van der Waals surface area contributed by atoms with Crippen molar-refractivity contribution in [2.75, 3.05) is 19.3 Å². The van der Waals surface area contributed by atoms with Crippen LogP contribution in [-0.2, 0) is 14.8 Å². The zero-order valence-corrected chi connectivity index (χ0v) is 11.8. The second kappa shape index (κ2) is 5.25. The summed E-state index contributed by atoms with van der Waals surface area (Å²) in [6, 6.07) is -2.14. The molecule has 1 saturated heterocycles. The standard InChI is InChI=1S/C9H16N4O6S/c1-3-9(17,6(10)14)11-7(15)12-4-5-13(8(12)16)20(2,18)19/h17H,3-5H2,1-2H3,(H2,10,14)(H,11,15). The fourth-order valence-corrected chi connectivity index (χ4v) is 2.38. The predicted octanol–water partition coefficient (Wildman–Crippen LogP) is -2.02. The van der Waals surface area contributed by atoms with E-state index in [2.05, 4.69) is 0 Å². The molecular formula is C9H16N4O6S. The van der Waals surface area contributed by atoms with Gasteiger partial charge < -0.3 is 16.2 Å². The number of hydrogen-bond donors (Lipinski definition) is 3. The fraction of sp³-hybridized carbons (Fsp3) is 0.667. The number of aliphatic hydroxyl groups is 1. The SMILES string of the molecule is CCC(O)(NC(=O)N1CCN(S(C)(=O)=O)C1=O)C(N)=O. The van der Waals surface area contributed by atoms with Crippen LogP contribution in [0, 0.1) is 0 Å². The zero-order valence-electron chi connectivity index (χ0n) is 11.0. The number of carbonyl (C=O) groups excluding carboxylic acids is 3. The normalized spacial score (nSPS) is 18.9. The molecule has 4 N–H and O–H groups in total. The largest absolute Gasteiger partial charge is 0.365 e. The van der Waals surface area contributed by atoms with Crippen LogP contribution >= 0.6 is 0 Å². The highest BCUT2D eigenvalue weighted by Gasteiger charge is 2.42. The van der Waals surface area contributed by atoms with Crippen molar-refractivity contribution in [3.8, 4) is 0 Å². The van der Waals surface area contributed by atoms with E-state index in [0.29, 0.717) is 9.21 Å². The van der Waals surface area contributed by atoms with Crippen molar-refractivity contribution in [2.24, 2.45) is 5.73 Å². The molecule has 20 heavy (non-hydrogen) atoms. The second-order valence-electron chi connectivity index (χ2n) is 4.28. The van der Waals surface area contributed by atoms with E-state index in [1.165, 1.54) is 6.92 Å². The van der Waals surface area contributed by atoms with Gasteiger partial charge in [0.1, 0.15) is 0 Å². The van der Waals surface area contributed by atoms with Gasteiger partial charge in [0.25, 0.3) is 5.91 Å². The first-order chi connectivity index (χ1) is 9.03. The molecule has 5 amide bonds. The molecule has 10 nitrogen and oxygen atoms in total. The van der Waals surface area contributed by atoms with Gasteiger partial charge in [-0.05, 0) is 0 Å². The quantitative estimate of drug-likeness (QED) is 0.510. The first-order valence-electron chi connectivity index (χ1n) is 5.66. The maximum absolute atomic E-state index is 11.8. The van der Waals surface area contributed by atoms with Gasteiger partial charge in [0.2, 0.25) is 15.7 Å². The van der Waals surface area contributed by atoms with Crippen molar-refractivity contribution in [3.05, 3.63) is 0 Å². The molecule has 0 aromatic carbocycles. The van der Waals surface area contributed by atoms with Gasteiger partial charge in [0, 0.05) is 6.42 Å². The van der Waals surface area contributed by atoms with Crippen LogP contribution in [0.4, 0.5) is 9.59 Å². The maximum atomic E-state index is 11.8. The predicted molar refractivity (Wildman–Crippen MR) is 66.6 cm³/mol. The summed E-state index contributed by atoms with van der Waals surface area (Å²) in [6.07, 6.45) is 0.629. The summed E-state index contributed by atoms with van der Waals surface area (Å²) in [5.74, 6) is -1.18. The summed E-state index contributed by atoms with van der Waals surface area (Å²) >= 11 is 0. The molecule has 0 radical (unpaired) electrons. The number of urea groups is 2. The molecule has 1 aliphatic rings. The lowest BCUT2D eigenvalue weighted by atomic mass is 10.1. The van der Waals surface area contributed by atoms with Crippen LogP contribution in [-0.4, -0.2) is 65.8 Å². The molecule has 0 aliphatic carbocycles. The van der Waals surface area contributed by atoms with Crippen LogP contribution < -0.4 is 11.1 Å². The van der Waals surface area contributed by atoms with E-state index in [1.807, 2.05) is 5.32 Å². The number of sulfonamides is 1. The number of imide groups is 1. The number of primary amides is 1. The van der Waals surface area contributed by atoms with Gasteiger partial charge in [-0.3, -0.25) is 4.79 Å². The number of amides is 5. The van der Waals surface area contributed by atoms with Crippen LogP contribution in [0.5, 0.6) is 0 Å². The van der Waals surface area contributed by atoms with Gasteiger partial charge in [-0.15, -0.1) is 0 Å². The van der Waals surface area contributed by atoms with Crippen molar-refractivity contribution < 1.29 is 27.9 Å². The number of hydrogen-bond acceptors (Lipinski definition) is 6. The summed E-state index contributed by atoms with van der Waals surface area (Å²) in [4.78, 5) is 35.2. The number of carbonyl (C=O) groups is 3. The smallest absolute Gasteiger partial charge is 0.341 e. The molecule has 0 saturated carbocycles. The van der Waals surface area contributed by atoms with E-state index in [1.54, 1.807) is 0 Å². The Bertz CT molecular complexity index is 547. The molecule has 1 atom stereocenters. The summed E-state index contributed by atoms with van der Waals surface area (Å²) < 4.78 is 23.1. The third kappa shape index (κ3) is 2.99. The highest BCUT2D eigenvalue weighted by molar-refractivity contribution is 7.88. The first kappa shape index (κ1) is 16.2. The Kier molecular flexibility index (Phi) is 4.24. The van der Waals surface area contributed by atoms with E-state index in [-0.39, 0.29) is 19.5 Å². The van der Waals surface area contributed by atoms with Gasteiger partial charge in [-0.25, -0.2) is 27.2 Å². The van der Waals surface area contributed by atoms with Crippen LogP contribution in [0.15, 0.2) is 0 Å². The van der Waals surface area contributed by atoms with Crippen molar-refractivity contribution in [1.82, 2.24) is 14.5 Å². The fourth-order valence-electron chi connectivity index (χ4n) is 1.58. The Morgan fingerprint density at radius 1 is 1.45 bits per heavy atom. The Balaban J connectivity index is 2.86. The van der Waals surface area contributed by atoms with E-state index in [9.17, 15) is 27.9 Å². The number of nitrogens with one attached hydrogen (secondary N) is 1. The molecule has 11 heteroatoms. The van der Waals surface area contributed by atoms with Crippen molar-refractivity contribution in [2.45, 2.75) is 19.1 Å². The van der Waals surface area contributed by atoms with E-state index >= 15 is 0 Å². The van der Waals surface area contributed by atoms with Gasteiger partial charge >= 0.3 is 12.1 Å². The summed E-state index contributed by atoms with van der Waals surface area (Å²) in [6.45, 7) is 1.03. The van der Waals surface area contributed by atoms with Gasteiger partial charge in [-0.1, -0.05) is 6.92 Å². The van der Waals surface area contributed by atoms with E-state index in [4.69, 9.17) is 5.73 Å². The molecule has 1 aliphatic heterocycles. The Morgan fingerprint density at radius 3 is 2.35 bits per heavy atom. The summed E-state index contributed by atoms with van der Waals surface area (Å²) in [5.41, 5.74) is 2.65. The Morgan fingerprint density at radius 2 is 2.00 bits per heavy atom. The average molecular weight is 308 g/mol. The van der Waals surface area contributed by atoms with E-state index < -0.39 is 33.7 Å². The molecule has 1 fully saturated rings.